The van der Waals surface area contributed by atoms with E-state index in [1.807, 2.05) is 0 Å². The highest BCUT2D eigenvalue weighted by Gasteiger charge is 2.30. The summed E-state index contributed by atoms with van der Waals surface area (Å²) in [6.07, 6.45) is 64.8. The van der Waals surface area contributed by atoms with Gasteiger partial charge in [-0.1, -0.05) is 355 Å². The number of aliphatic hydroxyl groups excluding tert-OH is 1. The fourth-order valence-electron chi connectivity index (χ4n) is 12.3. The second kappa shape index (κ2) is 72.7. The summed E-state index contributed by atoms with van der Waals surface area (Å²) >= 11 is 0. The molecule has 19 heteroatoms. The molecule has 0 heterocycles. The first-order valence-electron chi connectivity index (χ1n) is 42.2. The maximum Gasteiger partial charge on any atom is 0.472 e. The molecular formula is C83H158O17P2. The van der Waals surface area contributed by atoms with E-state index in [-0.39, 0.29) is 25.7 Å². The summed E-state index contributed by atoms with van der Waals surface area (Å²) in [6.45, 7) is 11.9. The molecule has 0 saturated carbocycles. The summed E-state index contributed by atoms with van der Waals surface area (Å²) in [7, 11) is -9.94. The molecule has 0 aromatic rings. The minimum absolute atomic E-state index is 0.0842. The zero-order valence-corrected chi connectivity index (χ0v) is 68.4. The van der Waals surface area contributed by atoms with Crippen molar-refractivity contribution < 1.29 is 80.2 Å². The van der Waals surface area contributed by atoms with Crippen LogP contribution in [-0.2, 0) is 65.4 Å². The van der Waals surface area contributed by atoms with Gasteiger partial charge in [0, 0.05) is 25.7 Å². The average molecular weight is 1490 g/mol. The Morgan fingerprint density at radius 1 is 0.304 bits per heavy atom. The van der Waals surface area contributed by atoms with Crippen LogP contribution in [-0.4, -0.2) is 96.7 Å². The summed E-state index contributed by atoms with van der Waals surface area (Å²) in [5.74, 6) is 0.170. The highest BCUT2D eigenvalue weighted by atomic mass is 31.2. The molecule has 0 radical (unpaired) electrons. The van der Waals surface area contributed by atoms with Crippen molar-refractivity contribution in [2.75, 3.05) is 39.6 Å². The van der Waals surface area contributed by atoms with Gasteiger partial charge in [0.15, 0.2) is 12.2 Å². The summed E-state index contributed by atoms with van der Waals surface area (Å²) in [6, 6.07) is 0. The Labute approximate surface area is 624 Å². The Bertz CT molecular complexity index is 2070. The largest absolute Gasteiger partial charge is 0.472 e. The summed E-state index contributed by atoms with van der Waals surface area (Å²) < 4.78 is 68.7. The Morgan fingerprint density at radius 2 is 0.529 bits per heavy atom. The highest BCUT2D eigenvalue weighted by Crippen LogP contribution is 2.45. The van der Waals surface area contributed by atoms with Crippen LogP contribution in [0, 0.1) is 17.8 Å². The van der Waals surface area contributed by atoms with Crippen molar-refractivity contribution in [2.45, 2.75) is 426 Å². The van der Waals surface area contributed by atoms with E-state index in [9.17, 15) is 43.2 Å². The molecule has 0 fully saturated rings. The third-order valence-electron chi connectivity index (χ3n) is 18.8. The quantitative estimate of drug-likeness (QED) is 0.0169. The molecule has 602 valence electrons. The predicted octanol–water partition coefficient (Wildman–Crippen LogP) is 24.5. The number of esters is 4. The number of ether oxygens (including phenoxy) is 4. The van der Waals surface area contributed by atoms with E-state index >= 15 is 0 Å². The molecule has 102 heavy (non-hydrogen) atoms. The Hall–Kier alpha value is -2.46. The number of aliphatic hydroxyl groups is 1. The van der Waals surface area contributed by atoms with Gasteiger partial charge < -0.3 is 33.8 Å². The number of phosphoric ester groups is 2. The lowest BCUT2D eigenvalue weighted by atomic mass is 10.0. The van der Waals surface area contributed by atoms with Crippen LogP contribution in [0.25, 0.3) is 0 Å². The van der Waals surface area contributed by atoms with Crippen LogP contribution >= 0.6 is 15.6 Å². The van der Waals surface area contributed by atoms with Crippen molar-refractivity contribution in [1.29, 1.82) is 0 Å². The zero-order chi connectivity index (χ0) is 75.1. The third kappa shape index (κ3) is 75.8. The lowest BCUT2D eigenvalue weighted by Crippen LogP contribution is -2.30. The molecule has 0 amide bonds. The normalized spacial score (nSPS) is 14.1. The highest BCUT2D eigenvalue weighted by molar-refractivity contribution is 7.47. The summed E-state index contributed by atoms with van der Waals surface area (Å²) in [5, 5.41) is 10.6. The van der Waals surface area contributed by atoms with Crippen LogP contribution < -0.4 is 0 Å². The fourth-order valence-corrected chi connectivity index (χ4v) is 13.9. The number of allylic oxidation sites excluding steroid dienone is 4. The van der Waals surface area contributed by atoms with Crippen molar-refractivity contribution in [2.24, 2.45) is 17.8 Å². The first kappa shape index (κ1) is 99.5. The van der Waals surface area contributed by atoms with E-state index < -0.39 is 97.5 Å². The lowest BCUT2D eigenvalue weighted by Gasteiger charge is -2.21. The number of phosphoric acid groups is 2. The number of hydrogen-bond donors (Lipinski definition) is 3. The second-order valence-electron chi connectivity index (χ2n) is 30.6. The van der Waals surface area contributed by atoms with Crippen LogP contribution in [0.2, 0.25) is 0 Å². The minimum Gasteiger partial charge on any atom is -0.462 e. The summed E-state index contributed by atoms with van der Waals surface area (Å²) in [5.41, 5.74) is 0. The molecule has 3 unspecified atom stereocenters. The first-order chi connectivity index (χ1) is 49.2. The standard InChI is InChI=1S/C83H158O17P2/c1-8-9-10-11-12-13-14-15-20-26-32-37-44-52-59-66-83(88)100-79(71-94-81(86)65-58-51-46-39-42-49-56-63-76(6)7)73-98-102(91,92)96-69-77(84)68-95-101(89,90)97-72-78(70-93-80(85)64-57-50-43-36-31-28-23-25-30-35-41-48-55-62-75(4)5)99-82(87)67-60-53-45-38-33-27-22-19-17-16-18-21-24-29-34-40-47-54-61-74(2)3/h13-15,20,74-79,84H,8-12,16-19,21-73H2,1-7H3,(H,89,90)(H,91,92)/b14-13-,20-15-/t77?,78-,79-/m1/s1. The van der Waals surface area contributed by atoms with Crippen molar-refractivity contribution in [3.63, 3.8) is 0 Å². The van der Waals surface area contributed by atoms with Crippen molar-refractivity contribution in [3.05, 3.63) is 24.3 Å². The molecule has 0 aromatic carbocycles. The van der Waals surface area contributed by atoms with Crippen molar-refractivity contribution in [3.8, 4) is 0 Å². The van der Waals surface area contributed by atoms with Gasteiger partial charge in [-0.2, -0.15) is 0 Å². The van der Waals surface area contributed by atoms with Crippen molar-refractivity contribution >= 4 is 39.5 Å². The smallest absolute Gasteiger partial charge is 0.462 e. The van der Waals surface area contributed by atoms with Gasteiger partial charge in [-0.3, -0.25) is 37.3 Å². The molecule has 0 aliphatic carbocycles. The average Bonchev–Trinajstić information content (AvgIpc) is 0.921. The molecule has 3 N–H and O–H groups in total. The van der Waals surface area contributed by atoms with Gasteiger partial charge in [0.05, 0.1) is 26.4 Å². The van der Waals surface area contributed by atoms with Gasteiger partial charge in [0.2, 0.25) is 0 Å². The number of carbonyl (C=O) groups excluding carboxylic acids is 4. The molecule has 0 spiro atoms. The predicted molar refractivity (Wildman–Crippen MR) is 418 cm³/mol. The van der Waals surface area contributed by atoms with Crippen LogP contribution in [0.15, 0.2) is 24.3 Å². The first-order valence-corrected chi connectivity index (χ1v) is 45.2. The van der Waals surface area contributed by atoms with E-state index in [1.54, 1.807) is 0 Å². The molecule has 0 bridgehead atoms. The van der Waals surface area contributed by atoms with Gasteiger partial charge in [-0.25, -0.2) is 9.13 Å². The number of rotatable bonds is 79. The van der Waals surface area contributed by atoms with E-state index in [0.717, 1.165) is 121 Å². The fraction of sp³-hybridized carbons (Fsp3) is 0.904. The van der Waals surface area contributed by atoms with Crippen LogP contribution in [0.5, 0.6) is 0 Å². The Morgan fingerprint density at radius 3 is 0.794 bits per heavy atom. The van der Waals surface area contributed by atoms with Gasteiger partial charge in [0.25, 0.3) is 0 Å². The second-order valence-corrected chi connectivity index (χ2v) is 33.5. The van der Waals surface area contributed by atoms with Gasteiger partial charge in [-0.05, 0) is 69.1 Å². The molecule has 0 aliphatic heterocycles. The maximum atomic E-state index is 13.1. The molecule has 0 saturated heterocycles. The van der Waals surface area contributed by atoms with E-state index in [1.165, 1.54) is 199 Å². The molecule has 5 atom stereocenters. The van der Waals surface area contributed by atoms with Gasteiger partial charge >= 0.3 is 39.5 Å². The minimum atomic E-state index is -4.97. The maximum absolute atomic E-state index is 13.1. The SMILES string of the molecule is CCCCCC/C=C\C=C/CCCCCCCC(=O)O[C@H](COC(=O)CCCCCCCCCC(C)C)COP(=O)(O)OCC(O)COP(=O)(O)OC[C@@H](COC(=O)CCCCCCCCCCCCCCCC(C)C)OC(=O)CCCCCCCCCCCCCCCCCCCCC(C)C. The number of unbranched alkanes of at least 4 members (excludes halogenated alkanes) is 44. The molecular weight excluding hydrogens is 1330 g/mol. The molecule has 17 nitrogen and oxygen atoms in total. The molecule has 0 aliphatic rings. The van der Waals surface area contributed by atoms with E-state index in [4.69, 9.17) is 37.0 Å². The van der Waals surface area contributed by atoms with E-state index in [2.05, 4.69) is 72.8 Å². The topological polar surface area (TPSA) is 237 Å². The summed E-state index contributed by atoms with van der Waals surface area (Å²) in [4.78, 5) is 73.0. The molecule has 0 rings (SSSR count). The lowest BCUT2D eigenvalue weighted by molar-refractivity contribution is -0.161. The van der Waals surface area contributed by atoms with Gasteiger partial charge in [-0.15, -0.1) is 0 Å². The van der Waals surface area contributed by atoms with Gasteiger partial charge in [0.1, 0.15) is 19.3 Å². The number of carbonyl (C=O) groups is 4. The Kier molecular flexibility index (Phi) is 71.0. The zero-order valence-electron chi connectivity index (χ0n) is 66.6. The third-order valence-corrected chi connectivity index (χ3v) is 20.7. The van der Waals surface area contributed by atoms with Crippen LogP contribution in [0.3, 0.4) is 0 Å². The van der Waals surface area contributed by atoms with E-state index in [0.29, 0.717) is 31.6 Å². The molecule has 0 aromatic heterocycles. The monoisotopic (exact) mass is 1490 g/mol. The van der Waals surface area contributed by atoms with Crippen LogP contribution in [0.1, 0.15) is 408 Å². The number of hydrogen-bond acceptors (Lipinski definition) is 15. The Balaban J connectivity index is 5.26. The van der Waals surface area contributed by atoms with Crippen molar-refractivity contribution in [1.82, 2.24) is 0 Å². The van der Waals surface area contributed by atoms with Crippen LogP contribution in [0.4, 0.5) is 0 Å².